The molecule has 1 aromatic carbocycles. The van der Waals surface area contributed by atoms with Gasteiger partial charge in [-0.05, 0) is 37.0 Å². The van der Waals surface area contributed by atoms with E-state index in [4.69, 9.17) is 25.9 Å². The van der Waals surface area contributed by atoms with Crippen LogP contribution >= 0.6 is 11.6 Å². The Morgan fingerprint density at radius 1 is 1.04 bits per heavy atom. The first-order valence-electron chi connectivity index (χ1n) is 7.98. The minimum atomic E-state index is -0.371. The summed E-state index contributed by atoms with van der Waals surface area (Å²) in [5, 5.41) is 4.88. The van der Waals surface area contributed by atoms with Gasteiger partial charge < -0.3 is 14.3 Å². The molecule has 0 atom stereocenters. The predicted molar refractivity (Wildman–Crippen MR) is 87.3 cm³/mol. The molecule has 2 spiro atoms. The Hall–Kier alpha value is -1.54. The van der Waals surface area contributed by atoms with Gasteiger partial charge in [-0.3, -0.25) is 0 Å². The number of ether oxygens (including phenoxy) is 2. The molecule has 4 nitrogen and oxygen atoms in total. The van der Waals surface area contributed by atoms with Crippen LogP contribution in [0.5, 0.6) is 0 Å². The largest absolute Gasteiger partial charge is 0.388 e. The molecule has 120 valence electrons. The lowest BCUT2D eigenvalue weighted by atomic mass is 9.78. The van der Waals surface area contributed by atoms with Gasteiger partial charge in [-0.2, -0.15) is 0 Å². The molecule has 0 amide bonds. The van der Waals surface area contributed by atoms with Gasteiger partial charge in [-0.1, -0.05) is 28.7 Å². The van der Waals surface area contributed by atoms with Gasteiger partial charge >= 0.3 is 0 Å². The Balaban J connectivity index is 1.40. The summed E-state index contributed by atoms with van der Waals surface area (Å²) < 4.78 is 11.5. The normalized spacial score (nSPS) is 24.1. The van der Waals surface area contributed by atoms with E-state index in [1.807, 2.05) is 24.3 Å². The van der Waals surface area contributed by atoms with Crippen LogP contribution in [0, 0.1) is 11.8 Å². The molecule has 1 saturated heterocycles. The highest BCUT2D eigenvalue weighted by Gasteiger charge is 2.50. The number of hydrogen-bond acceptors (Lipinski definition) is 4. The third-order valence-electron chi connectivity index (χ3n) is 4.75. The molecule has 2 fully saturated rings. The van der Waals surface area contributed by atoms with Crippen LogP contribution in [0.2, 0.25) is 5.02 Å². The maximum Gasteiger partial charge on any atom is 0.168 e. The molecule has 23 heavy (non-hydrogen) atoms. The molecule has 0 bridgehead atoms. The fraction of sp³-hybridized carbons (Fsp3) is 0.500. The van der Waals surface area contributed by atoms with Crippen molar-refractivity contribution in [3.8, 4) is 11.8 Å². The number of rotatable bonds is 0. The van der Waals surface area contributed by atoms with E-state index in [0.29, 0.717) is 18.2 Å². The lowest BCUT2D eigenvalue weighted by Crippen LogP contribution is -2.43. The average Bonchev–Trinajstić information content (AvgIpc) is 3.17. The van der Waals surface area contributed by atoms with Gasteiger partial charge in [-0.25, -0.2) is 0 Å². The Bertz CT molecular complexity index is 688. The maximum absolute atomic E-state index is 5.97. The van der Waals surface area contributed by atoms with Crippen LogP contribution in [0.4, 0.5) is 0 Å². The van der Waals surface area contributed by atoms with Crippen LogP contribution in [0.15, 0.2) is 29.4 Å². The maximum atomic E-state index is 5.97. The van der Waals surface area contributed by atoms with Gasteiger partial charge in [0.25, 0.3) is 0 Å². The molecule has 4 rings (SSSR count). The standard InChI is InChI=1S/C18H18ClNO3/c19-15-3-1-2-14(12-15)4-5-16-13-17(23-20-16)6-8-18(9-7-17)21-10-11-22-18/h1-3,12H,6-11,13H2. The summed E-state index contributed by atoms with van der Waals surface area (Å²) in [6, 6.07) is 7.51. The van der Waals surface area contributed by atoms with Crippen molar-refractivity contribution in [1.29, 1.82) is 0 Å². The summed E-state index contributed by atoms with van der Waals surface area (Å²) in [5.41, 5.74) is 1.46. The molecule has 2 heterocycles. The van der Waals surface area contributed by atoms with Gasteiger partial charge in [0.2, 0.25) is 0 Å². The highest BCUT2D eigenvalue weighted by molar-refractivity contribution is 6.30. The van der Waals surface area contributed by atoms with Crippen molar-refractivity contribution in [2.24, 2.45) is 5.16 Å². The van der Waals surface area contributed by atoms with E-state index in [1.54, 1.807) is 0 Å². The van der Waals surface area contributed by atoms with Crippen molar-refractivity contribution >= 4 is 17.3 Å². The van der Waals surface area contributed by atoms with Gasteiger partial charge in [-0.15, -0.1) is 0 Å². The van der Waals surface area contributed by atoms with Crippen LogP contribution in [0.1, 0.15) is 37.7 Å². The highest BCUT2D eigenvalue weighted by atomic mass is 35.5. The second-order valence-electron chi connectivity index (χ2n) is 6.36. The zero-order valence-corrected chi connectivity index (χ0v) is 13.6. The van der Waals surface area contributed by atoms with E-state index in [0.717, 1.165) is 43.4 Å². The first-order chi connectivity index (χ1) is 11.2. The third-order valence-corrected chi connectivity index (χ3v) is 4.99. The Labute approximate surface area is 140 Å². The fourth-order valence-corrected chi connectivity index (χ4v) is 3.63. The molecule has 1 saturated carbocycles. The lowest BCUT2D eigenvalue weighted by Gasteiger charge is -2.39. The van der Waals surface area contributed by atoms with Crippen LogP contribution in [0.25, 0.3) is 0 Å². The van der Waals surface area contributed by atoms with Gasteiger partial charge in [0.05, 0.1) is 13.2 Å². The Morgan fingerprint density at radius 3 is 2.57 bits per heavy atom. The van der Waals surface area contributed by atoms with Crippen LogP contribution in [-0.2, 0) is 14.3 Å². The first-order valence-corrected chi connectivity index (χ1v) is 8.36. The number of nitrogens with zero attached hydrogens (tertiary/aromatic N) is 1. The summed E-state index contributed by atoms with van der Waals surface area (Å²) >= 11 is 5.97. The Kier molecular flexibility index (Phi) is 3.81. The molecule has 0 radical (unpaired) electrons. The van der Waals surface area contributed by atoms with E-state index in [2.05, 4.69) is 17.0 Å². The molecular formula is C18H18ClNO3. The van der Waals surface area contributed by atoms with E-state index < -0.39 is 0 Å². The minimum Gasteiger partial charge on any atom is -0.388 e. The van der Waals surface area contributed by atoms with Crippen molar-refractivity contribution in [1.82, 2.24) is 0 Å². The minimum absolute atomic E-state index is 0.223. The third kappa shape index (κ3) is 3.10. The summed E-state index contributed by atoms with van der Waals surface area (Å²) in [7, 11) is 0. The lowest BCUT2D eigenvalue weighted by molar-refractivity contribution is -0.206. The van der Waals surface area contributed by atoms with E-state index in [-0.39, 0.29) is 11.4 Å². The van der Waals surface area contributed by atoms with Crippen LogP contribution in [-0.4, -0.2) is 30.3 Å². The van der Waals surface area contributed by atoms with Crippen molar-refractivity contribution < 1.29 is 14.3 Å². The SMILES string of the molecule is Clc1cccc(C#CC2=NOC3(CCC4(CC3)OCCO4)C2)c1. The number of halogens is 1. The smallest absolute Gasteiger partial charge is 0.168 e. The van der Waals surface area contributed by atoms with Gasteiger partial charge in [0.1, 0.15) is 11.3 Å². The fourth-order valence-electron chi connectivity index (χ4n) is 3.44. The number of benzene rings is 1. The highest BCUT2D eigenvalue weighted by Crippen LogP contribution is 2.45. The average molecular weight is 332 g/mol. The molecule has 1 aromatic rings. The summed E-state index contributed by atoms with van der Waals surface area (Å²) in [5.74, 6) is 5.84. The van der Waals surface area contributed by atoms with Crippen LogP contribution < -0.4 is 0 Å². The van der Waals surface area contributed by atoms with E-state index in [1.165, 1.54) is 0 Å². The van der Waals surface area contributed by atoms with Crippen molar-refractivity contribution in [3.05, 3.63) is 34.9 Å². The Morgan fingerprint density at radius 2 is 1.83 bits per heavy atom. The van der Waals surface area contributed by atoms with Crippen molar-refractivity contribution in [2.75, 3.05) is 13.2 Å². The summed E-state index contributed by atoms with van der Waals surface area (Å²) in [6.45, 7) is 1.39. The summed E-state index contributed by atoms with van der Waals surface area (Å²) in [6.07, 6.45) is 4.25. The van der Waals surface area contributed by atoms with E-state index >= 15 is 0 Å². The molecule has 0 unspecified atom stereocenters. The van der Waals surface area contributed by atoms with Crippen molar-refractivity contribution in [3.63, 3.8) is 0 Å². The monoisotopic (exact) mass is 331 g/mol. The second-order valence-corrected chi connectivity index (χ2v) is 6.79. The zero-order chi connectivity index (χ0) is 15.8. The number of hydrogen-bond donors (Lipinski definition) is 0. The molecule has 0 aromatic heterocycles. The molecule has 2 aliphatic heterocycles. The second kappa shape index (κ2) is 5.83. The zero-order valence-electron chi connectivity index (χ0n) is 12.8. The molecule has 3 aliphatic rings. The summed E-state index contributed by atoms with van der Waals surface area (Å²) in [4.78, 5) is 5.76. The van der Waals surface area contributed by atoms with Gasteiger partial charge in [0.15, 0.2) is 5.79 Å². The first kappa shape index (κ1) is 15.0. The molecule has 1 aliphatic carbocycles. The van der Waals surface area contributed by atoms with Crippen LogP contribution in [0.3, 0.4) is 0 Å². The molecule has 0 N–H and O–H groups in total. The van der Waals surface area contributed by atoms with E-state index in [9.17, 15) is 0 Å². The quantitative estimate of drug-likeness (QED) is 0.683. The molecule has 5 heteroatoms. The van der Waals surface area contributed by atoms with Crippen molar-refractivity contribution in [2.45, 2.75) is 43.5 Å². The topological polar surface area (TPSA) is 40.0 Å². The predicted octanol–water partition coefficient (Wildman–Crippen LogP) is 3.52. The van der Waals surface area contributed by atoms with Gasteiger partial charge in [0, 0.05) is 29.8 Å². The number of oxime groups is 1. The molecular weight excluding hydrogens is 314 g/mol.